The van der Waals surface area contributed by atoms with Crippen molar-refractivity contribution in [1.29, 1.82) is 0 Å². The van der Waals surface area contributed by atoms with Gasteiger partial charge in [-0.1, -0.05) is 67.6 Å². The summed E-state index contributed by atoms with van der Waals surface area (Å²) >= 11 is 0. The molecule has 0 saturated carbocycles. The Morgan fingerprint density at radius 1 is 1.00 bits per heavy atom. The van der Waals surface area contributed by atoms with Crippen LogP contribution in [0, 0.1) is 0 Å². The molecule has 1 aromatic heterocycles. The summed E-state index contributed by atoms with van der Waals surface area (Å²) in [4.78, 5) is 31.2. The molecule has 0 fully saturated rings. The third kappa shape index (κ3) is 4.00. The number of hydrogen-bond donors (Lipinski definition) is 1. The summed E-state index contributed by atoms with van der Waals surface area (Å²) in [5.41, 5.74) is 0.335. The SMILES string of the molecule is CCS(=O)(=O)c1nc(=O)c(O)c2n1[C@@H](C(c1ccccc1)c1ccccc1)CN(C(C)C)C2=O. The van der Waals surface area contributed by atoms with Gasteiger partial charge in [-0.3, -0.25) is 9.59 Å². The molecule has 0 radical (unpaired) electrons. The first kappa shape index (κ1) is 23.7. The standard InChI is InChI=1S/C25H27N3O5S/c1-4-34(32,33)25-26-23(30)22(29)21-24(31)27(16(2)3)15-19(28(21)25)20(17-11-7-5-8-12-17)18-13-9-6-10-14-18/h5-14,16,19-20,29H,4,15H2,1-3H3/t19-/m1/s1. The second-order valence-electron chi connectivity index (χ2n) is 8.59. The predicted octanol–water partition coefficient (Wildman–Crippen LogP) is 2.98. The molecule has 0 aliphatic carbocycles. The lowest BCUT2D eigenvalue weighted by atomic mass is 9.83. The average molecular weight is 482 g/mol. The first-order chi connectivity index (χ1) is 16.2. The zero-order valence-corrected chi connectivity index (χ0v) is 20.1. The molecular weight excluding hydrogens is 454 g/mol. The van der Waals surface area contributed by atoms with E-state index in [0.717, 1.165) is 11.1 Å². The number of amides is 1. The third-order valence-corrected chi connectivity index (χ3v) is 7.84. The van der Waals surface area contributed by atoms with Gasteiger partial charge >= 0.3 is 5.56 Å². The van der Waals surface area contributed by atoms with Gasteiger partial charge in [-0.15, -0.1) is 0 Å². The predicted molar refractivity (Wildman–Crippen MR) is 128 cm³/mol. The van der Waals surface area contributed by atoms with Gasteiger partial charge < -0.3 is 14.6 Å². The minimum Gasteiger partial charge on any atom is -0.501 e. The lowest BCUT2D eigenvalue weighted by molar-refractivity contribution is 0.0572. The molecule has 1 N–H and O–H groups in total. The van der Waals surface area contributed by atoms with E-state index < -0.39 is 38.3 Å². The molecule has 1 atom stereocenters. The van der Waals surface area contributed by atoms with Gasteiger partial charge in [0.25, 0.3) is 5.91 Å². The van der Waals surface area contributed by atoms with Crippen LogP contribution in [-0.2, 0) is 9.84 Å². The van der Waals surface area contributed by atoms with E-state index in [1.54, 1.807) is 4.90 Å². The molecule has 0 saturated heterocycles. The van der Waals surface area contributed by atoms with Gasteiger partial charge in [-0.2, -0.15) is 4.98 Å². The van der Waals surface area contributed by atoms with Crippen molar-refractivity contribution in [1.82, 2.24) is 14.5 Å². The van der Waals surface area contributed by atoms with Crippen LogP contribution in [0.3, 0.4) is 0 Å². The van der Waals surface area contributed by atoms with Crippen molar-refractivity contribution in [3.63, 3.8) is 0 Å². The number of nitrogens with zero attached hydrogens (tertiary/aromatic N) is 3. The number of aromatic hydroxyl groups is 1. The van der Waals surface area contributed by atoms with Crippen molar-refractivity contribution in [2.75, 3.05) is 12.3 Å². The Morgan fingerprint density at radius 3 is 2.00 bits per heavy atom. The Balaban J connectivity index is 2.11. The zero-order chi connectivity index (χ0) is 24.6. The molecule has 4 rings (SSSR count). The molecule has 34 heavy (non-hydrogen) atoms. The van der Waals surface area contributed by atoms with Crippen LogP contribution in [0.1, 0.15) is 54.3 Å². The maximum Gasteiger partial charge on any atom is 0.316 e. The number of carbonyl (C=O) groups excluding carboxylic acids is 1. The highest BCUT2D eigenvalue weighted by Gasteiger charge is 2.43. The Bertz CT molecular complexity index is 1330. The molecule has 1 aliphatic heterocycles. The van der Waals surface area contributed by atoms with E-state index in [4.69, 9.17) is 0 Å². The van der Waals surface area contributed by atoms with Crippen LogP contribution in [0.25, 0.3) is 0 Å². The van der Waals surface area contributed by atoms with Crippen LogP contribution in [0.2, 0.25) is 0 Å². The third-order valence-electron chi connectivity index (χ3n) is 6.23. The average Bonchev–Trinajstić information content (AvgIpc) is 2.83. The van der Waals surface area contributed by atoms with Crippen LogP contribution in [0.5, 0.6) is 5.75 Å². The van der Waals surface area contributed by atoms with E-state index in [1.807, 2.05) is 74.5 Å². The second kappa shape index (κ2) is 9.06. The van der Waals surface area contributed by atoms with Gasteiger partial charge in [0, 0.05) is 18.5 Å². The molecule has 2 heterocycles. The summed E-state index contributed by atoms with van der Waals surface area (Å²) in [6, 6.07) is 18.2. The molecule has 1 amide bonds. The van der Waals surface area contributed by atoms with E-state index in [-0.39, 0.29) is 30.0 Å². The van der Waals surface area contributed by atoms with E-state index in [9.17, 15) is 23.1 Å². The topological polar surface area (TPSA) is 110 Å². The highest BCUT2D eigenvalue weighted by molar-refractivity contribution is 7.91. The summed E-state index contributed by atoms with van der Waals surface area (Å²) < 4.78 is 27.4. The Morgan fingerprint density at radius 2 is 1.53 bits per heavy atom. The van der Waals surface area contributed by atoms with Crippen LogP contribution in [0.4, 0.5) is 0 Å². The maximum atomic E-state index is 13.4. The molecular formula is C25H27N3O5S. The smallest absolute Gasteiger partial charge is 0.316 e. The van der Waals surface area contributed by atoms with Gasteiger partial charge in [0.15, 0.2) is 5.69 Å². The van der Waals surface area contributed by atoms with Crippen LogP contribution in [0.15, 0.2) is 70.6 Å². The summed E-state index contributed by atoms with van der Waals surface area (Å²) in [6.45, 7) is 5.30. The Hall–Kier alpha value is -3.46. The molecule has 1 aliphatic rings. The second-order valence-corrected chi connectivity index (χ2v) is 10.8. The molecule has 0 bridgehead atoms. The van der Waals surface area contributed by atoms with Gasteiger partial charge in [-0.25, -0.2) is 8.42 Å². The lowest BCUT2D eigenvalue weighted by Crippen LogP contribution is -2.50. The minimum atomic E-state index is -4.00. The fraction of sp³-hybridized carbons (Fsp3) is 0.320. The number of sulfone groups is 1. The normalized spacial score (nSPS) is 16.2. The number of benzene rings is 2. The largest absolute Gasteiger partial charge is 0.501 e. The van der Waals surface area contributed by atoms with Gasteiger partial charge in [0.2, 0.25) is 20.7 Å². The van der Waals surface area contributed by atoms with Crippen molar-refractivity contribution in [3.05, 3.63) is 87.8 Å². The van der Waals surface area contributed by atoms with Gasteiger partial charge in [-0.05, 0) is 25.0 Å². The molecule has 0 unspecified atom stereocenters. The van der Waals surface area contributed by atoms with Crippen LogP contribution in [-0.4, -0.2) is 52.2 Å². The molecule has 178 valence electrons. The van der Waals surface area contributed by atoms with Gasteiger partial charge in [0.1, 0.15) is 0 Å². The van der Waals surface area contributed by atoms with Gasteiger partial charge in [0.05, 0.1) is 11.8 Å². The van der Waals surface area contributed by atoms with Crippen molar-refractivity contribution < 1.29 is 18.3 Å². The maximum absolute atomic E-state index is 13.4. The fourth-order valence-electron chi connectivity index (χ4n) is 4.52. The first-order valence-corrected chi connectivity index (χ1v) is 12.8. The quantitative estimate of drug-likeness (QED) is 0.542. The highest BCUT2D eigenvalue weighted by atomic mass is 32.2. The Labute approximate surface area is 198 Å². The van der Waals surface area contributed by atoms with Crippen molar-refractivity contribution in [3.8, 4) is 5.75 Å². The van der Waals surface area contributed by atoms with Crippen molar-refractivity contribution in [2.24, 2.45) is 0 Å². The highest BCUT2D eigenvalue weighted by Crippen LogP contribution is 2.41. The van der Waals surface area contributed by atoms with E-state index in [0.29, 0.717) is 0 Å². The molecule has 8 nitrogen and oxygen atoms in total. The number of carbonyl (C=O) groups is 1. The number of fused-ring (bicyclic) bond motifs is 1. The van der Waals surface area contributed by atoms with Crippen molar-refractivity contribution >= 4 is 15.7 Å². The molecule has 2 aromatic carbocycles. The van der Waals surface area contributed by atoms with Crippen LogP contribution >= 0.6 is 0 Å². The number of hydrogen-bond acceptors (Lipinski definition) is 6. The zero-order valence-electron chi connectivity index (χ0n) is 19.2. The number of aromatic nitrogens is 2. The van der Waals surface area contributed by atoms with E-state index in [2.05, 4.69) is 4.98 Å². The first-order valence-electron chi connectivity index (χ1n) is 11.2. The molecule has 9 heteroatoms. The van der Waals surface area contributed by atoms with E-state index in [1.165, 1.54) is 11.5 Å². The monoisotopic (exact) mass is 481 g/mol. The summed E-state index contributed by atoms with van der Waals surface area (Å²) in [6.07, 6.45) is 0. The van der Waals surface area contributed by atoms with Crippen molar-refractivity contribution in [2.45, 2.75) is 43.9 Å². The Kier molecular flexibility index (Phi) is 6.31. The van der Waals surface area contributed by atoms with E-state index >= 15 is 0 Å². The summed E-state index contributed by atoms with van der Waals surface area (Å²) in [5, 5.41) is 10.2. The fourth-order valence-corrected chi connectivity index (χ4v) is 5.53. The molecule has 0 spiro atoms. The van der Waals surface area contributed by atoms with Crippen LogP contribution < -0.4 is 5.56 Å². The summed E-state index contributed by atoms with van der Waals surface area (Å²) in [5.74, 6) is -2.13. The summed E-state index contributed by atoms with van der Waals surface area (Å²) in [7, 11) is -4.00. The molecule has 3 aromatic rings. The minimum absolute atomic E-state index is 0.175. The number of rotatable bonds is 6. The lowest BCUT2D eigenvalue weighted by Gasteiger charge is -2.42.